The summed E-state index contributed by atoms with van der Waals surface area (Å²) in [5, 5.41) is -10.00. The molecule has 0 aliphatic carbocycles. The van der Waals surface area contributed by atoms with Crippen molar-refractivity contribution in [3.63, 3.8) is 0 Å². The van der Waals surface area contributed by atoms with Crippen LogP contribution in [-0.4, -0.2) is 51.3 Å². The van der Waals surface area contributed by atoms with Gasteiger partial charge >= 0.3 is 0 Å². The van der Waals surface area contributed by atoms with E-state index in [9.17, 15) is 0 Å². The van der Waals surface area contributed by atoms with Crippen molar-refractivity contribution in [1.29, 1.82) is 0 Å². The molecular weight excluding hydrogens is 1120 g/mol. The van der Waals surface area contributed by atoms with Crippen LogP contribution in [0.2, 0.25) is 60.5 Å². The molecule has 1 fully saturated rings. The van der Waals surface area contributed by atoms with Crippen LogP contribution < -0.4 is 0 Å². The maximum Gasteiger partial charge on any atom is 0.127 e. The maximum atomic E-state index is 5.97. The Bertz CT molecular complexity index is 1190. The van der Waals surface area contributed by atoms with E-state index < -0.39 is 51.3 Å². The Morgan fingerprint density at radius 1 is 0.167 bits per heavy atom. The molecule has 0 unspecified atom stereocenters. The molecule has 0 spiro atoms. The van der Waals surface area contributed by atoms with Crippen LogP contribution in [0.25, 0.3) is 0 Å². The SMILES string of the molecule is CC(C)(C)[Si](C(C)(C)C)(C(C)(C)C)[Si]1(Br)[Si](Br)([Si](C(C)(C)C)(C(C)(C)C)C(C)(C)C)[Si](Br)([Si](C(C)(C)C)(C(C)(C)C)C(C)(C)C)[Si]1(Br)[Si](C(C)(C)C)(C(C)(C)C)C(C)(C)C. The Kier molecular flexibility index (Phi) is 16.0. The van der Waals surface area contributed by atoms with Crippen molar-refractivity contribution in [1.82, 2.24) is 0 Å². The highest BCUT2D eigenvalue weighted by molar-refractivity contribution is 9.59. The summed E-state index contributed by atoms with van der Waals surface area (Å²) in [5.74, 6) is 0. The quantitative estimate of drug-likeness (QED) is 0.194. The molecular formula is C48H108Br4Si8. The third kappa shape index (κ3) is 6.73. The number of hydrogen-bond donors (Lipinski definition) is 0. The fraction of sp³-hybridized carbons (Fsp3) is 1.00. The van der Waals surface area contributed by atoms with Gasteiger partial charge in [0, 0.05) is 0 Å². The summed E-state index contributed by atoms with van der Waals surface area (Å²) in [6.45, 7) is 100. The van der Waals surface area contributed by atoms with Gasteiger partial charge in [-0.3, -0.25) is 0 Å². The fourth-order valence-electron chi connectivity index (χ4n) is 22.7. The zero-order valence-corrected chi connectivity index (χ0v) is 61.9. The van der Waals surface area contributed by atoms with E-state index in [4.69, 9.17) is 61.2 Å². The molecule has 0 aromatic heterocycles. The van der Waals surface area contributed by atoms with Crippen molar-refractivity contribution in [2.24, 2.45) is 0 Å². The van der Waals surface area contributed by atoms with Gasteiger partial charge < -0.3 is 0 Å². The summed E-state index contributed by atoms with van der Waals surface area (Å²) in [6, 6.07) is 0. The topological polar surface area (TPSA) is 0 Å². The summed E-state index contributed by atoms with van der Waals surface area (Å²) in [5.41, 5.74) is 0. The van der Waals surface area contributed by atoms with E-state index in [1.165, 1.54) is 0 Å². The van der Waals surface area contributed by atoms with Crippen LogP contribution in [0.15, 0.2) is 0 Å². The third-order valence-corrected chi connectivity index (χ3v) is 356. The van der Waals surface area contributed by atoms with Gasteiger partial charge in [-0.1, -0.05) is 249 Å². The van der Waals surface area contributed by atoms with Crippen LogP contribution in [-0.2, 0) is 0 Å². The average molecular weight is 1230 g/mol. The maximum absolute atomic E-state index is 5.97. The summed E-state index contributed by atoms with van der Waals surface area (Å²) in [4.78, 5) is 0. The van der Waals surface area contributed by atoms with Crippen molar-refractivity contribution in [3.8, 4) is 0 Å². The van der Waals surface area contributed by atoms with E-state index in [0.717, 1.165) is 0 Å². The van der Waals surface area contributed by atoms with Crippen molar-refractivity contribution in [2.75, 3.05) is 0 Å². The van der Waals surface area contributed by atoms with E-state index in [1.54, 1.807) is 0 Å². The van der Waals surface area contributed by atoms with E-state index >= 15 is 0 Å². The van der Waals surface area contributed by atoms with Gasteiger partial charge in [0.15, 0.2) is 0 Å². The second kappa shape index (κ2) is 15.6. The standard InChI is InChI=1S/C48H108Br4Si8/c1-37(2,3)53(38(4,5)6,39(7,8)9)57(49)58(50,54(40(10,11)12,41(13,14)15)42(16,17)18)60(52,56(46(28,29)30,47(31,32)33)48(34,35)36)59(57,51)55(43(19,20)21,44(22,23)24)45(25,26)27/h1-36H3. The first-order chi connectivity index (χ1) is 25.0. The van der Waals surface area contributed by atoms with Crippen LogP contribution >= 0.6 is 61.2 Å². The van der Waals surface area contributed by atoms with E-state index in [0.29, 0.717) is 0 Å². The third-order valence-electron chi connectivity index (χ3n) is 17.5. The van der Waals surface area contributed by atoms with Crippen LogP contribution in [0.4, 0.5) is 0 Å². The smallest absolute Gasteiger partial charge is 0.127 e. The lowest BCUT2D eigenvalue weighted by atomic mass is 10.2. The van der Waals surface area contributed by atoms with Gasteiger partial charge in [0.25, 0.3) is 0 Å². The van der Waals surface area contributed by atoms with Crippen molar-refractivity contribution >= 4 is 113 Å². The summed E-state index contributed by atoms with van der Waals surface area (Å²) < 4.78 is 0. The Hall–Kier alpha value is 3.66. The van der Waals surface area contributed by atoms with Crippen LogP contribution in [0.5, 0.6) is 0 Å². The molecule has 0 N–H and O–H groups in total. The first-order valence-corrected chi connectivity index (χ1v) is 56.8. The van der Waals surface area contributed by atoms with Gasteiger partial charge in [-0.2, -0.15) is 0 Å². The lowest BCUT2D eigenvalue weighted by molar-refractivity contribution is 0.547. The zero-order valence-electron chi connectivity index (χ0n) is 47.5. The molecule has 0 nitrogen and oxygen atoms in total. The van der Waals surface area contributed by atoms with Crippen LogP contribution in [0.1, 0.15) is 249 Å². The average Bonchev–Trinajstić information content (AvgIpc) is 2.77. The first kappa shape index (κ1) is 61.7. The first-order valence-electron chi connectivity index (χ1n) is 23.8. The molecule has 0 aromatic rings. The predicted octanol–water partition coefficient (Wildman–Crippen LogP) is 21.4. The molecule has 0 saturated carbocycles. The minimum Gasteiger partial charge on any atom is -0.135 e. The molecule has 0 radical (unpaired) electrons. The van der Waals surface area contributed by atoms with Crippen molar-refractivity contribution in [3.05, 3.63) is 0 Å². The molecule has 0 bridgehead atoms. The van der Waals surface area contributed by atoms with Gasteiger partial charge in [0.05, 0.1) is 30.4 Å². The molecule has 1 saturated heterocycles. The molecule has 0 amide bonds. The van der Waals surface area contributed by atoms with E-state index in [1.807, 2.05) is 0 Å². The predicted molar refractivity (Wildman–Crippen MR) is 318 cm³/mol. The number of hydrogen-bond acceptors (Lipinski definition) is 0. The lowest BCUT2D eigenvalue weighted by Crippen LogP contribution is -3.22. The molecule has 1 heterocycles. The van der Waals surface area contributed by atoms with Gasteiger partial charge in [-0.05, 0) is 60.5 Å². The highest BCUT2D eigenvalue weighted by atomic mass is 79.9. The summed E-state index contributed by atoms with van der Waals surface area (Å²) in [7, 11) is -10.7. The second-order valence-corrected chi connectivity index (χ2v) is 157. The molecule has 60 heavy (non-hydrogen) atoms. The zero-order chi connectivity index (χ0) is 50.0. The molecule has 360 valence electrons. The van der Waals surface area contributed by atoms with Gasteiger partial charge in [0.2, 0.25) is 0 Å². The van der Waals surface area contributed by atoms with Crippen molar-refractivity contribution in [2.45, 2.75) is 310 Å². The van der Waals surface area contributed by atoms with E-state index in [2.05, 4.69) is 249 Å². The van der Waals surface area contributed by atoms with Crippen LogP contribution in [0, 0.1) is 0 Å². The van der Waals surface area contributed by atoms with Gasteiger partial charge in [-0.25, -0.2) is 0 Å². The Morgan fingerprint density at radius 2 is 0.217 bits per heavy atom. The Balaban J connectivity index is 6.52. The monoisotopic (exact) mass is 1220 g/mol. The number of rotatable bonds is 4. The fourth-order valence-corrected chi connectivity index (χ4v) is 750. The summed E-state index contributed by atoms with van der Waals surface area (Å²) in [6.07, 6.45) is 0. The number of halogens is 4. The second-order valence-electron chi connectivity index (χ2n) is 32.6. The molecule has 0 aromatic carbocycles. The van der Waals surface area contributed by atoms with Gasteiger partial charge in [0.1, 0.15) is 21.0 Å². The summed E-state index contributed by atoms with van der Waals surface area (Å²) >= 11 is 23.9. The minimum absolute atomic E-state index is 0.122. The van der Waals surface area contributed by atoms with Gasteiger partial charge in [-0.15, -0.1) is 61.2 Å². The van der Waals surface area contributed by atoms with Crippen LogP contribution in [0.3, 0.4) is 0 Å². The minimum atomic E-state index is -2.87. The Labute approximate surface area is 418 Å². The molecule has 0 atom stereocenters. The molecule has 1 rings (SSSR count). The molecule has 1 aliphatic rings. The molecule has 1 aliphatic heterocycles. The van der Waals surface area contributed by atoms with Crippen molar-refractivity contribution < 1.29 is 0 Å². The highest BCUT2D eigenvalue weighted by Gasteiger charge is 3.09. The lowest BCUT2D eigenvalue weighted by Gasteiger charge is -2.94. The normalized spacial score (nSPS) is 27.6. The Morgan fingerprint density at radius 3 is 0.250 bits per heavy atom. The molecule has 12 heteroatoms. The highest BCUT2D eigenvalue weighted by Crippen LogP contribution is 2.91. The largest absolute Gasteiger partial charge is 0.135 e. The van der Waals surface area contributed by atoms with E-state index in [-0.39, 0.29) is 60.5 Å².